The molecule has 1 aromatic heterocycles. The predicted octanol–water partition coefficient (Wildman–Crippen LogP) is 2.39. The highest BCUT2D eigenvalue weighted by Crippen LogP contribution is 2.30. The van der Waals surface area contributed by atoms with Gasteiger partial charge in [0.15, 0.2) is 5.82 Å². The minimum Gasteiger partial charge on any atom is -0.339 e. The summed E-state index contributed by atoms with van der Waals surface area (Å²) in [7, 11) is -3.68. The van der Waals surface area contributed by atoms with Crippen LogP contribution in [-0.4, -0.2) is 36.0 Å². The van der Waals surface area contributed by atoms with Gasteiger partial charge in [0, 0.05) is 19.0 Å². The molecule has 0 N–H and O–H groups in total. The molecule has 124 valence electrons. The molecule has 1 aromatic carbocycles. The van der Waals surface area contributed by atoms with Gasteiger partial charge in [-0.3, -0.25) is 0 Å². The fourth-order valence-electron chi connectivity index (χ4n) is 2.82. The van der Waals surface area contributed by atoms with Crippen molar-refractivity contribution in [3.63, 3.8) is 0 Å². The van der Waals surface area contributed by atoms with E-state index in [2.05, 4.69) is 10.1 Å². The molecule has 0 amide bonds. The highest BCUT2D eigenvalue weighted by molar-refractivity contribution is 7.89. The Labute approximate surface area is 134 Å². The Morgan fingerprint density at radius 2 is 1.91 bits per heavy atom. The van der Waals surface area contributed by atoms with Crippen LogP contribution in [0.2, 0.25) is 0 Å². The lowest BCUT2D eigenvalue weighted by Crippen LogP contribution is -2.38. The van der Waals surface area contributed by atoms with E-state index in [0.717, 1.165) is 6.07 Å². The van der Waals surface area contributed by atoms with Gasteiger partial charge in [0.25, 0.3) is 0 Å². The Hall–Kier alpha value is -1.80. The van der Waals surface area contributed by atoms with Crippen LogP contribution >= 0.6 is 0 Å². The predicted molar refractivity (Wildman–Crippen MR) is 80.9 cm³/mol. The van der Waals surface area contributed by atoms with Crippen LogP contribution in [0.4, 0.5) is 4.39 Å². The lowest BCUT2D eigenvalue weighted by Gasteiger charge is -2.29. The molecule has 0 bridgehead atoms. The Morgan fingerprint density at radius 3 is 2.48 bits per heavy atom. The summed E-state index contributed by atoms with van der Waals surface area (Å²) >= 11 is 0. The zero-order valence-corrected chi connectivity index (χ0v) is 13.8. The molecule has 0 atom stereocenters. The van der Waals surface area contributed by atoms with Crippen molar-refractivity contribution in [2.24, 2.45) is 0 Å². The van der Waals surface area contributed by atoms with Crippen LogP contribution in [0.25, 0.3) is 0 Å². The smallest absolute Gasteiger partial charge is 0.243 e. The minimum atomic E-state index is -3.68. The van der Waals surface area contributed by atoms with E-state index in [-0.39, 0.29) is 10.8 Å². The van der Waals surface area contributed by atoms with Crippen molar-refractivity contribution in [2.45, 2.75) is 37.5 Å². The monoisotopic (exact) mass is 339 g/mol. The normalized spacial score (nSPS) is 17.5. The number of aryl methyl sites for hydroxylation is 2. The maximum Gasteiger partial charge on any atom is 0.243 e. The Kier molecular flexibility index (Phi) is 4.20. The van der Waals surface area contributed by atoms with Crippen molar-refractivity contribution in [3.8, 4) is 0 Å². The summed E-state index contributed by atoms with van der Waals surface area (Å²) in [4.78, 5) is 4.21. The van der Waals surface area contributed by atoms with Gasteiger partial charge in [-0.25, -0.2) is 12.8 Å². The second-order valence-electron chi connectivity index (χ2n) is 5.82. The van der Waals surface area contributed by atoms with Crippen LogP contribution in [-0.2, 0) is 10.0 Å². The molecule has 23 heavy (non-hydrogen) atoms. The van der Waals surface area contributed by atoms with Gasteiger partial charge in [0.2, 0.25) is 15.9 Å². The van der Waals surface area contributed by atoms with E-state index in [1.165, 1.54) is 16.4 Å². The van der Waals surface area contributed by atoms with Gasteiger partial charge >= 0.3 is 0 Å². The number of piperidine rings is 1. The number of halogens is 1. The Morgan fingerprint density at radius 1 is 1.22 bits per heavy atom. The van der Waals surface area contributed by atoms with Crippen molar-refractivity contribution in [2.75, 3.05) is 13.1 Å². The molecular formula is C15H18FN3O3S. The SMILES string of the molecule is Cc1cc(F)cc(S(=O)(=O)N2CCC(c3nc(C)no3)CC2)c1. The van der Waals surface area contributed by atoms with Crippen molar-refractivity contribution in [3.05, 3.63) is 41.3 Å². The summed E-state index contributed by atoms with van der Waals surface area (Å²) in [5.74, 6) is 0.656. The number of rotatable bonds is 3. The van der Waals surface area contributed by atoms with Gasteiger partial charge in [-0.15, -0.1) is 0 Å². The van der Waals surface area contributed by atoms with Gasteiger partial charge in [-0.05, 0) is 50.5 Å². The molecule has 2 heterocycles. The number of nitrogens with zero attached hydrogens (tertiary/aromatic N) is 3. The van der Waals surface area contributed by atoms with Gasteiger partial charge in [-0.1, -0.05) is 5.16 Å². The quantitative estimate of drug-likeness (QED) is 0.858. The summed E-state index contributed by atoms with van der Waals surface area (Å²) in [6.07, 6.45) is 1.21. The molecule has 0 saturated carbocycles. The molecule has 6 nitrogen and oxygen atoms in total. The largest absolute Gasteiger partial charge is 0.339 e. The molecular weight excluding hydrogens is 321 g/mol. The first kappa shape index (κ1) is 16.1. The van der Waals surface area contributed by atoms with Crippen LogP contribution in [0.15, 0.2) is 27.6 Å². The first-order chi connectivity index (χ1) is 10.9. The van der Waals surface area contributed by atoms with Crippen molar-refractivity contribution >= 4 is 10.0 Å². The Bertz CT molecular complexity index is 791. The van der Waals surface area contributed by atoms with Crippen LogP contribution in [0.5, 0.6) is 0 Å². The topological polar surface area (TPSA) is 76.3 Å². The van der Waals surface area contributed by atoms with Crippen LogP contribution in [0, 0.1) is 19.7 Å². The first-order valence-electron chi connectivity index (χ1n) is 7.44. The molecule has 0 unspecified atom stereocenters. The third-order valence-electron chi connectivity index (χ3n) is 4.00. The second kappa shape index (κ2) is 6.01. The van der Waals surface area contributed by atoms with E-state index in [1.807, 2.05) is 0 Å². The highest BCUT2D eigenvalue weighted by atomic mass is 32.2. The molecule has 3 rings (SSSR count). The van der Waals surface area contributed by atoms with Crippen molar-refractivity contribution in [1.29, 1.82) is 0 Å². The third kappa shape index (κ3) is 3.28. The summed E-state index contributed by atoms with van der Waals surface area (Å²) in [5.41, 5.74) is 0.583. The molecule has 0 radical (unpaired) electrons. The van der Waals surface area contributed by atoms with E-state index in [0.29, 0.717) is 43.2 Å². The molecule has 1 fully saturated rings. The van der Waals surface area contributed by atoms with E-state index in [9.17, 15) is 12.8 Å². The lowest BCUT2D eigenvalue weighted by atomic mass is 9.98. The molecule has 2 aromatic rings. The number of hydrogen-bond acceptors (Lipinski definition) is 5. The average molecular weight is 339 g/mol. The average Bonchev–Trinajstić information content (AvgIpc) is 2.93. The number of benzene rings is 1. The van der Waals surface area contributed by atoms with Gasteiger partial charge in [0.05, 0.1) is 4.90 Å². The second-order valence-corrected chi connectivity index (χ2v) is 7.76. The maximum absolute atomic E-state index is 13.5. The molecule has 1 saturated heterocycles. The number of aromatic nitrogens is 2. The number of sulfonamides is 1. The van der Waals surface area contributed by atoms with E-state index >= 15 is 0 Å². The first-order valence-corrected chi connectivity index (χ1v) is 8.88. The molecule has 1 aliphatic heterocycles. The van der Waals surface area contributed by atoms with Crippen LogP contribution in [0.1, 0.15) is 36.0 Å². The van der Waals surface area contributed by atoms with Gasteiger partial charge in [-0.2, -0.15) is 9.29 Å². The standard InChI is InChI=1S/C15H18FN3O3S/c1-10-7-13(16)9-14(8-10)23(20,21)19-5-3-12(4-6-19)15-17-11(2)18-22-15/h7-9,12H,3-6H2,1-2H3. The number of hydrogen-bond donors (Lipinski definition) is 0. The van der Waals surface area contributed by atoms with Crippen molar-refractivity contribution in [1.82, 2.24) is 14.4 Å². The van der Waals surface area contributed by atoms with Crippen molar-refractivity contribution < 1.29 is 17.3 Å². The summed E-state index contributed by atoms with van der Waals surface area (Å²) in [6.45, 7) is 4.12. The van der Waals surface area contributed by atoms with Gasteiger partial charge in [0.1, 0.15) is 5.82 Å². The Balaban J connectivity index is 1.76. The van der Waals surface area contributed by atoms with E-state index in [1.54, 1.807) is 13.8 Å². The maximum atomic E-state index is 13.5. The highest BCUT2D eigenvalue weighted by Gasteiger charge is 2.32. The van der Waals surface area contributed by atoms with E-state index < -0.39 is 15.8 Å². The fourth-order valence-corrected chi connectivity index (χ4v) is 4.41. The molecule has 0 aliphatic carbocycles. The van der Waals surface area contributed by atoms with Gasteiger partial charge < -0.3 is 4.52 Å². The zero-order valence-electron chi connectivity index (χ0n) is 13.0. The van der Waals surface area contributed by atoms with Crippen LogP contribution in [0.3, 0.4) is 0 Å². The molecule has 8 heteroatoms. The molecule has 0 spiro atoms. The summed E-state index contributed by atoms with van der Waals surface area (Å²) in [6, 6.07) is 3.87. The van der Waals surface area contributed by atoms with E-state index in [4.69, 9.17) is 4.52 Å². The minimum absolute atomic E-state index is 0.00193. The lowest BCUT2D eigenvalue weighted by molar-refractivity contribution is 0.270. The molecule has 1 aliphatic rings. The third-order valence-corrected chi connectivity index (χ3v) is 5.88. The fraction of sp³-hybridized carbons (Fsp3) is 0.467. The van der Waals surface area contributed by atoms with Crippen LogP contribution < -0.4 is 0 Å². The summed E-state index contributed by atoms with van der Waals surface area (Å²) < 4.78 is 45.3. The summed E-state index contributed by atoms with van der Waals surface area (Å²) in [5, 5.41) is 3.77. The zero-order chi connectivity index (χ0) is 16.6.